The Labute approximate surface area is 236 Å². The normalized spacial score (nSPS) is 16.2. The van der Waals surface area contributed by atoms with Crippen LogP contribution in [0.4, 0.5) is 11.4 Å². The monoisotopic (exact) mass is 565 g/mol. The molecule has 0 spiro atoms. The lowest BCUT2D eigenvalue weighted by atomic mass is 10.1. The van der Waals surface area contributed by atoms with Crippen molar-refractivity contribution in [2.24, 2.45) is 4.99 Å². The molecule has 3 aromatic rings. The lowest BCUT2D eigenvalue weighted by molar-refractivity contribution is -0.129. The smallest absolute Gasteiger partial charge is 0.338 e. The summed E-state index contributed by atoms with van der Waals surface area (Å²) in [6.45, 7) is 2.42. The van der Waals surface area contributed by atoms with Crippen LogP contribution in [0.3, 0.4) is 0 Å². The predicted molar refractivity (Wildman–Crippen MR) is 154 cm³/mol. The second kappa shape index (κ2) is 13.3. The number of aliphatic imine (C=N–C) groups is 1. The molecule has 1 saturated heterocycles. The molecule has 1 unspecified atom stereocenters. The molecule has 2 amide bonds. The zero-order valence-corrected chi connectivity index (χ0v) is 23.1. The van der Waals surface area contributed by atoms with Gasteiger partial charge in [0.05, 0.1) is 25.0 Å². The van der Waals surface area contributed by atoms with Crippen molar-refractivity contribution in [3.63, 3.8) is 0 Å². The van der Waals surface area contributed by atoms with Crippen LogP contribution in [-0.2, 0) is 20.7 Å². The lowest BCUT2D eigenvalue weighted by Crippen LogP contribution is -2.46. The van der Waals surface area contributed by atoms with E-state index < -0.39 is 11.2 Å². The summed E-state index contributed by atoms with van der Waals surface area (Å²) in [6.07, 6.45) is 0.631. The van der Waals surface area contributed by atoms with Gasteiger partial charge in [-0.2, -0.15) is 0 Å². The summed E-state index contributed by atoms with van der Waals surface area (Å²) in [6, 6.07) is 21.0. The average molecular weight is 566 g/mol. The number of anilines is 1. The molecule has 1 aliphatic heterocycles. The minimum atomic E-state index is -0.664. The second-order valence-electron chi connectivity index (χ2n) is 8.61. The highest BCUT2D eigenvalue weighted by Gasteiger charge is 2.35. The number of carbonyl (C=O) groups excluding carboxylic acids is 3. The summed E-state index contributed by atoms with van der Waals surface area (Å²) in [5.41, 5.74) is 2.58. The van der Waals surface area contributed by atoms with Gasteiger partial charge >= 0.3 is 5.97 Å². The first-order valence-electron chi connectivity index (χ1n) is 12.4. The van der Waals surface area contributed by atoms with Gasteiger partial charge < -0.3 is 14.8 Å². The second-order valence-corrected chi connectivity index (χ2v) is 10.2. The Morgan fingerprint density at radius 3 is 2.38 bits per heavy atom. The van der Waals surface area contributed by atoms with Gasteiger partial charge in [-0.05, 0) is 79.6 Å². The average Bonchev–Trinajstić information content (AvgIpc) is 2.94. The SMILES string of the molecule is CCOC(=O)c1ccc(N=C2SC(C(=O)Nc3ccc(Cl)cc3)CC(=O)N2CCc2ccc(OC)cc2)cc1. The third-order valence-corrected chi connectivity index (χ3v) is 7.37. The summed E-state index contributed by atoms with van der Waals surface area (Å²) in [7, 11) is 1.61. The van der Waals surface area contributed by atoms with Crippen molar-refractivity contribution in [1.29, 1.82) is 0 Å². The Morgan fingerprint density at radius 1 is 1.05 bits per heavy atom. The van der Waals surface area contributed by atoms with Crippen molar-refractivity contribution in [2.45, 2.75) is 25.0 Å². The molecule has 39 heavy (non-hydrogen) atoms. The molecule has 0 bridgehead atoms. The molecule has 0 aromatic heterocycles. The Bertz CT molecular complexity index is 1340. The van der Waals surface area contributed by atoms with Gasteiger partial charge in [-0.15, -0.1) is 0 Å². The van der Waals surface area contributed by atoms with E-state index in [-0.39, 0.29) is 24.8 Å². The highest BCUT2D eigenvalue weighted by molar-refractivity contribution is 8.15. The van der Waals surface area contributed by atoms with Crippen LogP contribution in [0.5, 0.6) is 5.75 Å². The van der Waals surface area contributed by atoms with Crippen LogP contribution in [0.15, 0.2) is 77.8 Å². The number of thioether (sulfide) groups is 1. The van der Waals surface area contributed by atoms with E-state index in [2.05, 4.69) is 5.32 Å². The lowest BCUT2D eigenvalue weighted by Gasteiger charge is -2.32. The molecule has 0 saturated carbocycles. The van der Waals surface area contributed by atoms with Gasteiger partial charge in [-0.3, -0.25) is 14.5 Å². The quantitative estimate of drug-likeness (QED) is 0.333. The molecule has 4 rings (SSSR count). The summed E-state index contributed by atoms with van der Waals surface area (Å²) >= 11 is 7.18. The topological polar surface area (TPSA) is 97.3 Å². The van der Waals surface area contributed by atoms with Gasteiger partial charge in [0, 0.05) is 23.7 Å². The number of hydrogen-bond donors (Lipinski definition) is 1. The maximum absolute atomic E-state index is 13.3. The minimum absolute atomic E-state index is 0.0352. The number of carbonyl (C=O) groups is 3. The first-order chi connectivity index (χ1) is 18.9. The Hall–Kier alpha value is -3.82. The largest absolute Gasteiger partial charge is 0.497 e. The Morgan fingerprint density at radius 2 is 1.74 bits per heavy atom. The maximum atomic E-state index is 13.3. The number of nitrogens with one attached hydrogen (secondary N) is 1. The van der Waals surface area contributed by atoms with Crippen LogP contribution < -0.4 is 10.1 Å². The maximum Gasteiger partial charge on any atom is 0.338 e. The molecule has 10 heteroatoms. The number of amides is 2. The van der Waals surface area contributed by atoms with Crippen molar-refractivity contribution in [2.75, 3.05) is 25.6 Å². The number of benzene rings is 3. The number of hydrogen-bond acceptors (Lipinski definition) is 7. The van der Waals surface area contributed by atoms with Crippen molar-refractivity contribution >= 4 is 57.7 Å². The molecule has 1 heterocycles. The first-order valence-corrected chi connectivity index (χ1v) is 13.6. The number of amidine groups is 1. The molecule has 202 valence electrons. The summed E-state index contributed by atoms with van der Waals surface area (Å²) < 4.78 is 10.3. The van der Waals surface area contributed by atoms with Crippen LogP contribution >= 0.6 is 23.4 Å². The standard InChI is InChI=1S/C29H28ClN3O5S/c1-3-38-28(36)20-6-10-23(11-7-20)32-29-33(17-16-19-4-14-24(37-2)15-5-19)26(34)18-25(39-29)27(35)31-22-12-8-21(30)9-13-22/h4-15,25H,3,16-18H2,1-2H3,(H,31,35). The molecule has 1 N–H and O–H groups in total. The van der Waals surface area contributed by atoms with E-state index in [9.17, 15) is 14.4 Å². The fraction of sp³-hybridized carbons (Fsp3) is 0.241. The van der Waals surface area contributed by atoms with E-state index in [4.69, 9.17) is 26.1 Å². The van der Waals surface area contributed by atoms with Gasteiger partial charge in [0.25, 0.3) is 0 Å². The first kappa shape index (κ1) is 28.2. The molecule has 1 atom stereocenters. The summed E-state index contributed by atoms with van der Waals surface area (Å²) in [4.78, 5) is 44.7. The summed E-state index contributed by atoms with van der Waals surface area (Å²) in [5, 5.41) is 3.17. The fourth-order valence-electron chi connectivity index (χ4n) is 3.85. The molecule has 0 radical (unpaired) electrons. The van der Waals surface area contributed by atoms with E-state index in [1.165, 1.54) is 11.8 Å². The van der Waals surface area contributed by atoms with Gasteiger partial charge in [0.1, 0.15) is 11.0 Å². The van der Waals surface area contributed by atoms with Crippen molar-refractivity contribution < 1.29 is 23.9 Å². The molecule has 1 aliphatic rings. The van der Waals surface area contributed by atoms with Gasteiger partial charge in [0.2, 0.25) is 11.8 Å². The number of halogens is 1. The van der Waals surface area contributed by atoms with E-state index in [1.54, 1.807) is 67.5 Å². The predicted octanol–water partition coefficient (Wildman–Crippen LogP) is 5.73. The van der Waals surface area contributed by atoms with E-state index in [0.717, 1.165) is 11.3 Å². The van der Waals surface area contributed by atoms with Gasteiger partial charge in [-0.25, -0.2) is 9.79 Å². The van der Waals surface area contributed by atoms with Crippen LogP contribution in [0.2, 0.25) is 5.02 Å². The van der Waals surface area contributed by atoms with Crippen molar-refractivity contribution in [1.82, 2.24) is 4.90 Å². The Kier molecular flexibility index (Phi) is 9.62. The molecule has 8 nitrogen and oxygen atoms in total. The van der Waals surface area contributed by atoms with Gasteiger partial charge in [0.15, 0.2) is 5.17 Å². The number of methoxy groups -OCH3 is 1. The zero-order chi connectivity index (χ0) is 27.8. The van der Waals surface area contributed by atoms with Crippen LogP contribution in [0.1, 0.15) is 29.3 Å². The van der Waals surface area contributed by atoms with E-state index in [0.29, 0.717) is 40.1 Å². The number of esters is 1. The molecular formula is C29H28ClN3O5S. The van der Waals surface area contributed by atoms with E-state index >= 15 is 0 Å². The van der Waals surface area contributed by atoms with Crippen LogP contribution in [0, 0.1) is 0 Å². The minimum Gasteiger partial charge on any atom is -0.497 e. The van der Waals surface area contributed by atoms with Crippen LogP contribution in [0.25, 0.3) is 0 Å². The van der Waals surface area contributed by atoms with Crippen LogP contribution in [-0.4, -0.2) is 53.4 Å². The summed E-state index contributed by atoms with van der Waals surface area (Å²) in [5.74, 6) is -0.151. The highest BCUT2D eigenvalue weighted by atomic mass is 35.5. The third-order valence-electron chi connectivity index (χ3n) is 5.93. The molecular weight excluding hydrogens is 538 g/mol. The highest BCUT2D eigenvalue weighted by Crippen LogP contribution is 2.30. The third kappa shape index (κ3) is 7.61. The number of rotatable bonds is 9. The molecule has 0 aliphatic carbocycles. The fourth-order valence-corrected chi connectivity index (χ4v) is 5.10. The van der Waals surface area contributed by atoms with Gasteiger partial charge in [-0.1, -0.05) is 35.5 Å². The Balaban J connectivity index is 1.55. The van der Waals surface area contributed by atoms with E-state index in [1.807, 2.05) is 24.3 Å². The number of nitrogens with zero attached hydrogens (tertiary/aromatic N) is 2. The van der Waals surface area contributed by atoms with Crippen molar-refractivity contribution in [3.05, 3.63) is 88.9 Å². The molecule has 3 aromatic carbocycles. The zero-order valence-electron chi connectivity index (χ0n) is 21.6. The van der Waals surface area contributed by atoms with Crippen molar-refractivity contribution in [3.8, 4) is 5.75 Å². The number of ether oxygens (including phenoxy) is 2. The molecule has 1 fully saturated rings.